The molecule has 1 aromatic rings. The van der Waals surface area contributed by atoms with Crippen molar-refractivity contribution in [2.75, 3.05) is 6.54 Å². The van der Waals surface area contributed by atoms with Gasteiger partial charge in [0, 0.05) is 17.7 Å². The van der Waals surface area contributed by atoms with Gasteiger partial charge in [0.2, 0.25) is 0 Å². The summed E-state index contributed by atoms with van der Waals surface area (Å²) in [4.78, 5) is 31.7. The summed E-state index contributed by atoms with van der Waals surface area (Å²) in [6, 6.07) is 3.75. The summed E-state index contributed by atoms with van der Waals surface area (Å²) in [5, 5.41) is 21.0. The largest absolute Gasteiger partial charge is 0.480 e. The van der Waals surface area contributed by atoms with Gasteiger partial charge in [0.1, 0.15) is 6.54 Å². The number of aliphatic carboxylic acids is 1. The third-order valence-corrected chi connectivity index (χ3v) is 2.07. The van der Waals surface area contributed by atoms with Crippen LogP contribution in [0, 0.1) is 17.0 Å². The van der Waals surface area contributed by atoms with Crippen LogP contribution in [0.5, 0.6) is 0 Å². The molecule has 0 aliphatic heterocycles. The fraction of sp³-hybridized carbons (Fsp3) is 0.200. The lowest BCUT2D eigenvalue weighted by Crippen LogP contribution is -2.29. The Morgan fingerprint density at radius 1 is 1.47 bits per heavy atom. The lowest BCUT2D eigenvalue weighted by atomic mass is 10.1. The van der Waals surface area contributed by atoms with Crippen molar-refractivity contribution < 1.29 is 19.6 Å². The molecule has 0 radical (unpaired) electrons. The topological polar surface area (TPSA) is 110 Å². The molecule has 0 saturated carbocycles. The number of hydrogen-bond acceptors (Lipinski definition) is 4. The number of benzene rings is 1. The molecular formula is C10H10N2O5. The first-order chi connectivity index (χ1) is 7.91. The summed E-state index contributed by atoms with van der Waals surface area (Å²) in [7, 11) is 0. The third kappa shape index (κ3) is 3.26. The van der Waals surface area contributed by atoms with Crippen LogP contribution in [0.4, 0.5) is 5.69 Å². The number of nitrogens with zero attached hydrogens (tertiary/aromatic N) is 1. The van der Waals surface area contributed by atoms with Crippen molar-refractivity contribution in [3.8, 4) is 0 Å². The summed E-state index contributed by atoms with van der Waals surface area (Å²) in [6.45, 7) is 1.05. The van der Waals surface area contributed by atoms with E-state index in [0.717, 1.165) is 0 Å². The first-order valence-corrected chi connectivity index (χ1v) is 4.67. The smallest absolute Gasteiger partial charge is 0.322 e. The second kappa shape index (κ2) is 5.06. The first-order valence-electron chi connectivity index (χ1n) is 4.67. The number of non-ortho nitro benzene ring substituents is 1. The molecule has 2 N–H and O–H groups in total. The highest BCUT2D eigenvalue weighted by Gasteiger charge is 2.13. The van der Waals surface area contributed by atoms with Gasteiger partial charge in [0.05, 0.1) is 4.92 Å². The molecule has 7 heteroatoms. The summed E-state index contributed by atoms with van der Waals surface area (Å²) in [6.07, 6.45) is 0. The Kier molecular flexibility index (Phi) is 3.76. The van der Waals surface area contributed by atoms with Crippen molar-refractivity contribution >= 4 is 17.6 Å². The Bertz CT molecular complexity index is 484. The maximum absolute atomic E-state index is 11.5. The molecule has 0 saturated heterocycles. The Labute approximate surface area is 96.2 Å². The summed E-state index contributed by atoms with van der Waals surface area (Å²) >= 11 is 0. The highest BCUT2D eigenvalue weighted by Crippen LogP contribution is 2.16. The fourth-order valence-electron chi connectivity index (χ4n) is 1.27. The molecule has 1 amide bonds. The maximum atomic E-state index is 11.5. The van der Waals surface area contributed by atoms with E-state index in [1.807, 2.05) is 0 Å². The number of nitrogens with one attached hydrogen (secondary N) is 1. The molecule has 1 rings (SSSR count). The molecule has 0 spiro atoms. The van der Waals surface area contributed by atoms with Crippen molar-refractivity contribution in [1.82, 2.24) is 5.32 Å². The van der Waals surface area contributed by atoms with E-state index in [1.54, 1.807) is 6.92 Å². The summed E-state index contributed by atoms with van der Waals surface area (Å²) < 4.78 is 0. The number of nitro benzene ring substituents is 1. The number of aryl methyl sites for hydroxylation is 1. The van der Waals surface area contributed by atoms with Crippen molar-refractivity contribution in [3.63, 3.8) is 0 Å². The van der Waals surface area contributed by atoms with Crippen LogP contribution in [0.1, 0.15) is 15.9 Å². The second-order valence-corrected chi connectivity index (χ2v) is 3.33. The Morgan fingerprint density at radius 3 is 2.59 bits per heavy atom. The molecular weight excluding hydrogens is 228 g/mol. The molecule has 7 nitrogen and oxygen atoms in total. The zero-order valence-electron chi connectivity index (χ0n) is 8.97. The summed E-state index contributed by atoms with van der Waals surface area (Å²) in [5.74, 6) is -1.72. The standard InChI is InChI=1S/C10H10N2O5/c1-6-4-7(12(16)17)2-3-8(6)10(15)11-5-9(13)14/h2-4H,5H2,1H3,(H,11,15)(H,13,14). The van der Waals surface area contributed by atoms with E-state index in [1.165, 1.54) is 18.2 Å². The second-order valence-electron chi connectivity index (χ2n) is 3.33. The van der Waals surface area contributed by atoms with Gasteiger partial charge in [0.15, 0.2) is 0 Å². The molecule has 0 aromatic heterocycles. The van der Waals surface area contributed by atoms with Crippen molar-refractivity contribution in [2.45, 2.75) is 6.92 Å². The summed E-state index contributed by atoms with van der Waals surface area (Å²) in [5.41, 5.74) is 0.524. The lowest BCUT2D eigenvalue weighted by molar-refractivity contribution is -0.384. The van der Waals surface area contributed by atoms with E-state index < -0.39 is 23.3 Å². The van der Waals surface area contributed by atoms with Gasteiger partial charge >= 0.3 is 5.97 Å². The van der Waals surface area contributed by atoms with Gasteiger partial charge in [0.25, 0.3) is 11.6 Å². The monoisotopic (exact) mass is 238 g/mol. The van der Waals surface area contributed by atoms with Crippen molar-refractivity contribution in [3.05, 3.63) is 39.4 Å². The number of hydrogen-bond donors (Lipinski definition) is 2. The maximum Gasteiger partial charge on any atom is 0.322 e. The van der Waals surface area contributed by atoms with Crippen LogP contribution >= 0.6 is 0 Å². The Hall–Kier alpha value is -2.44. The molecule has 1 aromatic carbocycles. The van der Waals surface area contributed by atoms with E-state index in [-0.39, 0.29) is 11.3 Å². The molecule has 0 aliphatic rings. The predicted octanol–water partition coefficient (Wildman–Crippen LogP) is 0.718. The van der Waals surface area contributed by atoms with Crippen LogP contribution in [-0.2, 0) is 4.79 Å². The van der Waals surface area contributed by atoms with Crippen LogP contribution in [-0.4, -0.2) is 28.5 Å². The van der Waals surface area contributed by atoms with E-state index in [2.05, 4.69) is 5.32 Å². The number of carbonyl (C=O) groups is 2. The van der Waals surface area contributed by atoms with Gasteiger partial charge in [-0.1, -0.05) is 0 Å². The molecule has 0 aliphatic carbocycles. The number of carboxylic acids is 1. The zero-order valence-corrected chi connectivity index (χ0v) is 8.97. The number of amides is 1. The number of rotatable bonds is 4. The first kappa shape index (κ1) is 12.6. The van der Waals surface area contributed by atoms with E-state index in [4.69, 9.17) is 5.11 Å². The molecule has 0 atom stereocenters. The fourth-order valence-corrected chi connectivity index (χ4v) is 1.27. The minimum Gasteiger partial charge on any atom is -0.480 e. The van der Waals surface area contributed by atoms with Crippen molar-refractivity contribution in [2.24, 2.45) is 0 Å². The van der Waals surface area contributed by atoms with Crippen LogP contribution in [0.3, 0.4) is 0 Å². The van der Waals surface area contributed by atoms with Gasteiger partial charge in [-0.05, 0) is 18.6 Å². The minimum absolute atomic E-state index is 0.114. The van der Waals surface area contributed by atoms with Crippen LogP contribution < -0.4 is 5.32 Å². The highest BCUT2D eigenvalue weighted by molar-refractivity contribution is 5.97. The van der Waals surface area contributed by atoms with E-state index in [0.29, 0.717) is 5.56 Å². The van der Waals surface area contributed by atoms with E-state index >= 15 is 0 Å². The lowest BCUT2D eigenvalue weighted by Gasteiger charge is -2.05. The number of nitro groups is 1. The highest BCUT2D eigenvalue weighted by atomic mass is 16.6. The number of carboxylic acid groups (broad SMARTS) is 1. The Balaban J connectivity index is 2.88. The quantitative estimate of drug-likeness (QED) is 0.593. The van der Waals surface area contributed by atoms with Crippen molar-refractivity contribution in [1.29, 1.82) is 0 Å². The molecule has 0 bridgehead atoms. The van der Waals surface area contributed by atoms with Gasteiger partial charge in [-0.2, -0.15) is 0 Å². The van der Waals surface area contributed by atoms with Crippen LogP contribution in [0.25, 0.3) is 0 Å². The van der Waals surface area contributed by atoms with Gasteiger partial charge in [-0.15, -0.1) is 0 Å². The number of carbonyl (C=O) groups excluding carboxylic acids is 1. The predicted molar refractivity (Wildman–Crippen MR) is 57.8 cm³/mol. The van der Waals surface area contributed by atoms with Crippen LogP contribution in [0.15, 0.2) is 18.2 Å². The molecule has 90 valence electrons. The molecule has 0 heterocycles. The molecule has 17 heavy (non-hydrogen) atoms. The van der Waals surface area contributed by atoms with Gasteiger partial charge in [-0.3, -0.25) is 19.7 Å². The van der Waals surface area contributed by atoms with Crippen LogP contribution in [0.2, 0.25) is 0 Å². The normalized spacial score (nSPS) is 9.71. The minimum atomic E-state index is -1.15. The third-order valence-electron chi connectivity index (χ3n) is 2.07. The Morgan fingerprint density at radius 2 is 2.12 bits per heavy atom. The van der Waals surface area contributed by atoms with E-state index in [9.17, 15) is 19.7 Å². The molecule has 0 unspecified atom stereocenters. The SMILES string of the molecule is Cc1cc([N+](=O)[O-])ccc1C(=O)NCC(=O)O. The van der Waals surface area contributed by atoms with Gasteiger partial charge in [-0.25, -0.2) is 0 Å². The zero-order chi connectivity index (χ0) is 13.0. The average molecular weight is 238 g/mol. The molecule has 0 fully saturated rings. The average Bonchev–Trinajstić information content (AvgIpc) is 2.25. The van der Waals surface area contributed by atoms with Gasteiger partial charge < -0.3 is 10.4 Å².